The Bertz CT molecular complexity index is 431. The van der Waals surface area contributed by atoms with Gasteiger partial charge >= 0.3 is 0 Å². The molecule has 0 bridgehead atoms. The van der Waals surface area contributed by atoms with E-state index in [1.54, 1.807) is 4.68 Å². The van der Waals surface area contributed by atoms with E-state index >= 15 is 0 Å². The van der Waals surface area contributed by atoms with Crippen molar-refractivity contribution in [3.05, 3.63) is 15.9 Å². The summed E-state index contributed by atoms with van der Waals surface area (Å²) in [5.74, 6) is 2.52. The van der Waals surface area contributed by atoms with Gasteiger partial charge < -0.3 is 0 Å². The van der Waals surface area contributed by atoms with E-state index in [9.17, 15) is 4.79 Å². The van der Waals surface area contributed by atoms with E-state index in [1.165, 1.54) is 0 Å². The molecule has 16 heavy (non-hydrogen) atoms. The second-order valence-corrected chi connectivity index (χ2v) is 4.29. The summed E-state index contributed by atoms with van der Waals surface area (Å²) in [5, 5.41) is 7.10. The molecule has 0 atom stereocenters. The number of nitrogens with one attached hydrogen (secondary N) is 1. The van der Waals surface area contributed by atoms with Crippen molar-refractivity contribution in [2.24, 2.45) is 7.05 Å². The van der Waals surface area contributed by atoms with Crippen molar-refractivity contribution in [2.75, 3.05) is 13.1 Å². The number of carbonyl (C=O) groups is 1. The van der Waals surface area contributed by atoms with Crippen LogP contribution < -0.4 is 5.32 Å². The van der Waals surface area contributed by atoms with E-state index in [0.29, 0.717) is 19.5 Å². The van der Waals surface area contributed by atoms with Gasteiger partial charge in [0.25, 0.3) is 0 Å². The van der Waals surface area contributed by atoms with Crippen LogP contribution in [0.4, 0.5) is 0 Å². The molecule has 1 heterocycles. The second kappa shape index (κ2) is 5.83. The Labute approximate surface area is 104 Å². The Morgan fingerprint density at radius 3 is 2.88 bits per heavy atom. The predicted molar refractivity (Wildman–Crippen MR) is 66.1 cm³/mol. The maximum Gasteiger partial charge on any atom is 0.152 e. The maximum atomic E-state index is 11.6. The molecule has 5 heteroatoms. The smallest absolute Gasteiger partial charge is 0.152 e. The van der Waals surface area contributed by atoms with Gasteiger partial charge in [-0.15, -0.1) is 6.42 Å². The van der Waals surface area contributed by atoms with Crippen molar-refractivity contribution >= 4 is 21.7 Å². The molecule has 1 N–H and O–H groups in total. The monoisotopic (exact) mass is 283 g/mol. The van der Waals surface area contributed by atoms with Gasteiger partial charge in [0.05, 0.1) is 35.4 Å². The highest BCUT2D eigenvalue weighted by atomic mass is 79.9. The highest BCUT2D eigenvalue weighted by Crippen LogP contribution is 2.20. The standard InChI is InChI=1S/C11H14BrN3O/c1-4-5-13-7-9(16)6-10-11(12)8(2)14-15(10)3/h1,13H,5-7H2,2-3H3. The van der Waals surface area contributed by atoms with E-state index in [-0.39, 0.29) is 5.78 Å². The lowest BCUT2D eigenvalue weighted by atomic mass is 10.2. The van der Waals surface area contributed by atoms with E-state index in [1.807, 2.05) is 14.0 Å². The highest BCUT2D eigenvalue weighted by Gasteiger charge is 2.13. The van der Waals surface area contributed by atoms with Crippen LogP contribution in [-0.4, -0.2) is 28.7 Å². The molecule has 0 fully saturated rings. The maximum absolute atomic E-state index is 11.6. The van der Waals surface area contributed by atoms with Gasteiger partial charge in [-0.3, -0.25) is 14.8 Å². The zero-order chi connectivity index (χ0) is 12.1. The zero-order valence-corrected chi connectivity index (χ0v) is 11.0. The molecule has 0 aliphatic rings. The number of halogens is 1. The molecular formula is C11H14BrN3O. The molecule has 1 aromatic heterocycles. The first-order valence-corrected chi connectivity index (χ1v) is 5.69. The van der Waals surface area contributed by atoms with E-state index in [0.717, 1.165) is 15.9 Å². The van der Waals surface area contributed by atoms with Crippen molar-refractivity contribution in [1.82, 2.24) is 15.1 Å². The average molecular weight is 284 g/mol. The Hall–Kier alpha value is -1.12. The number of carbonyl (C=O) groups excluding carboxylic acids is 1. The Kier molecular flexibility index (Phi) is 4.71. The molecule has 0 aromatic carbocycles. The van der Waals surface area contributed by atoms with Crippen LogP contribution in [0.25, 0.3) is 0 Å². The molecule has 0 radical (unpaired) electrons. The van der Waals surface area contributed by atoms with Crippen molar-refractivity contribution in [3.63, 3.8) is 0 Å². The second-order valence-electron chi connectivity index (χ2n) is 3.49. The Morgan fingerprint density at radius 2 is 2.38 bits per heavy atom. The van der Waals surface area contributed by atoms with Gasteiger partial charge in [-0.05, 0) is 22.9 Å². The number of hydrogen-bond donors (Lipinski definition) is 1. The lowest BCUT2D eigenvalue weighted by Gasteiger charge is -2.02. The lowest BCUT2D eigenvalue weighted by Crippen LogP contribution is -2.25. The first-order valence-electron chi connectivity index (χ1n) is 4.90. The third-order valence-corrected chi connectivity index (χ3v) is 3.21. The molecule has 0 amide bonds. The minimum absolute atomic E-state index is 0.0963. The van der Waals surface area contributed by atoms with E-state index < -0.39 is 0 Å². The van der Waals surface area contributed by atoms with Gasteiger partial charge in [0, 0.05) is 7.05 Å². The summed E-state index contributed by atoms with van der Waals surface area (Å²) in [7, 11) is 1.83. The average Bonchev–Trinajstić information content (AvgIpc) is 2.46. The number of hydrogen-bond acceptors (Lipinski definition) is 3. The molecule has 0 saturated heterocycles. The van der Waals surface area contributed by atoms with Gasteiger partial charge in [-0.1, -0.05) is 5.92 Å². The first-order chi connectivity index (χ1) is 7.56. The first kappa shape index (κ1) is 12.9. The molecule has 4 nitrogen and oxygen atoms in total. The number of ketones is 1. The molecule has 1 aromatic rings. The number of rotatable bonds is 5. The minimum atomic E-state index is 0.0963. The number of aromatic nitrogens is 2. The van der Waals surface area contributed by atoms with Crippen LogP contribution in [0.1, 0.15) is 11.4 Å². The zero-order valence-electron chi connectivity index (χ0n) is 9.38. The van der Waals surface area contributed by atoms with Crippen LogP contribution in [0.5, 0.6) is 0 Å². The number of Topliss-reactive ketones (excluding diaryl/α,β-unsaturated/α-hetero) is 1. The van der Waals surface area contributed by atoms with Crippen molar-refractivity contribution < 1.29 is 4.79 Å². The highest BCUT2D eigenvalue weighted by molar-refractivity contribution is 9.10. The van der Waals surface area contributed by atoms with Crippen LogP contribution in [0, 0.1) is 19.3 Å². The van der Waals surface area contributed by atoms with Crippen LogP contribution in [-0.2, 0) is 18.3 Å². The summed E-state index contributed by atoms with van der Waals surface area (Å²) in [6.07, 6.45) is 5.43. The van der Waals surface area contributed by atoms with Crippen molar-refractivity contribution in [1.29, 1.82) is 0 Å². The molecule has 0 saturated carbocycles. The summed E-state index contributed by atoms with van der Waals surface area (Å²) in [4.78, 5) is 11.6. The fourth-order valence-electron chi connectivity index (χ4n) is 1.40. The molecule has 0 spiro atoms. The third-order valence-electron chi connectivity index (χ3n) is 2.18. The van der Waals surface area contributed by atoms with Gasteiger partial charge in [-0.25, -0.2) is 0 Å². The predicted octanol–water partition coefficient (Wildman–Crippen LogP) is 0.825. The number of aryl methyl sites for hydroxylation is 2. The topological polar surface area (TPSA) is 46.9 Å². The summed E-state index contributed by atoms with van der Waals surface area (Å²) in [6.45, 7) is 2.60. The van der Waals surface area contributed by atoms with Crippen LogP contribution in [0.3, 0.4) is 0 Å². The van der Waals surface area contributed by atoms with Crippen LogP contribution >= 0.6 is 15.9 Å². The van der Waals surface area contributed by atoms with Gasteiger partial charge in [0.1, 0.15) is 0 Å². The third kappa shape index (κ3) is 3.19. The van der Waals surface area contributed by atoms with Gasteiger partial charge in [0.15, 0.2) is 5.78 Å². The van der Waals surface area contributed by atoms with Gasteiger partial charge in [-0.2, -0.15) is 5.10 Å². The van der Waals surface area contributed by atoms with Crippen LogP contribution in [0.15, 0.2) is 4.47 Å². The minimum Gasteiger partial charge on any atom is -0.299 e. The molecule has 86 valence electrons. The summed E-state index contributed by atoms with van der Waals surface area (Å²) < 4.78 is 2.62. The number of terminal acetylenes is 1. The normalized spacial score (nSPS) is 10.1. The Balaban J connectivity index is 2.60. The van der Waals surface area contributed by atoms with E-state index in [4.69, 9.17) is 6.42 Å². The molecule has 0 unspecified atom stereocenters. The summed E-state index contributed by atoms with van der Waals surface area (Å²) in [5.41, 5.74) is 1.78. The summed E-state index contributed by atoms with van der Waals surface area (Å²) >= 11 is 3.42. The Morgan fingerprint density at radius 1 is 1.69 bits per heavy atom. The number of nitrogens with zero attached hydrogens (tertiary/aromatic N) is 2. The molecular weight excluding hydrogens is 270 g/mol. The van der Waals surface area contributed by atoms with Crippen molar-refractivity contribution in [3.8, 4) is 12.3 Å². The fraction of sp³-hybridized carbons (Fsp3) is 0.455. The SMILES string of the molecule is C#CCNCC(=O)Cc1c(Br)c(C)nn1C. The van der Waals surface area contributed by atoms with Gasteiger partial charge in [0.2, 0.25) is 0 Å². The molecule has 0 aliphatic carbocycles. The molecule has 0 aliphatic heterocycles. The molecule has 1 rings (SSSR count). The quantitative estimate of drug-likeness (QED) is 0.643. The van der Waals surface area contributed by atoms with Crippen LogP contribution in [0.2, 0.25) is 0 Å². The largest absolute Gasteiger partial charge is 0.299 e. The lowest BCUT2D eigenvalue weighted by molar-refractivity contribution is -0.117. The van der Waals surface area contributed by atoms with E-state index in [2.05, 4.69) is 32.3 Å². The summed E-state index contributed by atoms with van der Waals surface area (Å²) in [6, 6.07) is 0. The van der Waals surface area contributed by atoms with Crippen molar-refractivity contribution in [2.45, 2.75) is 13.3 Å². The fourth-order valence-corrected chi connectivity index (χ4v) is 1.87.